The summed E-state index contributed by atoms with van der Waals surface area (Å²) in [6, 6.07) is -4.45. The first-order chi connectivity index (χ1) is 20.6. The maximum atomic E-state index is 13.6. The molecule has 44 heavy (non-hydrogen) atoms. The molecule has 13 nitrogen and oxygen atoms in total. The highest BCUT2D eigenvalue weighted by molar-refractivity contribution is 5.96. The van der Waals surface area contributed by atoms with Crippen molar-refractivity contribution in [1.29, 1.82) is 0 Å². The molecule has 0 unspecified atom stereocenters. The van der Waals surface area contributed by atoms with Gasteiger partial charge in [0, 0.05) is 13.1 Å². The van der Waals surface area contributed by atoms with Crippen molar-refractivity contribution >= 4 is 36.0 Å². The van der Waals surface area contributed by atoms with E-state index < -0.39 is 59.6 Å². The van der Waals surface area contributed by atoms with Crippen LogP contribution in [0.4, 0.5) is 4.79 Å². The maximum absolute atomic E-state index is 13.6. The number of rotatable bonds is 14. The van der Waals surface area contributed by atoms with Crippen LogP contribution in [-0.2, 0) is 33.4 Å². The zero-order valence-electron chi connectivity index (χ0n) is 27.2. The van der Waals surface area contributed by atoms with Gasteiger partial charge in [-0.05, 0) is 58.3 Å². The fourth-order valence-electron chi connectivity index (χ4n) is 5.18. The zero-order chi connectivity index (χ0) is 33.2. The Morgan fingerprint density at radius 1 is 0.886 bits per heavy atom. The number of nitrogens with one attached hydrogen (secondary N) is 3. The van der Waals surface area contributed by atoms with Crippen molar-refractivity contribution in [3.63, 3.8) is 0 Å². The number of nitrogens with zero attached hydrogens (tertiary/aromatic N) is 2. The topological polar surface area (TPSA) is 163 Å². The second-order valence-corrected chi connectivity index (χ2v) is 13.1. The molecule has 13 heteroatoms. The summed E-state index contributed by atoms with van der Waals surface area (Å²) in [7, 11) is 0. The van der Waals surface area contributed by atoms with Crippen LogP contribution in [0.25, 0.3) is 0 Å². The number of aldehydes is 1. The molecule has 5 atom stereocenters. The molecule has 0 aliphatic carbocycles. The van der Waals surface area contributed by atoms with Crippen molar-refractivity contribution in [3.8, 4) is 0 Å². The third-order valence-corrected chi connectivity index (χ3v) is 7.58. The van der Waals surface area contributed by atoms with Crippen LogP contribution in [0.5, 0.6) is 0 Å². The Labute approximate surface area is 260 Å². The first kappa shape index (κ1) is 36.7. The number of carbonyl (C=O) groups is 6. The number of carbonyl (C=O) groups excluding carboxylic acids is 6. The molecule has 2 aliphatic heterocycles. The van der Waals surface area contributed by atoms with Crippen LogP contribution in [0.1, 0.15) is 74.1 Å². The highest BCUT2D eigenvalue weighted by Gasteiger charge is 2.44. The van der Waals surface area contributed by atoms with E-state index in [1.54, 1.807) is 48.5 Å². The van der Waals surface area contributed by atoms with Gasteiger partial charge >= 0.3 is 6.09 Å². The van der Waals surface area contributed by atoms with Crippen LogP contribution in [0, 0.1) is 11.8 Å². The molecule has 0 aromatic carbocycles. The van der Waals surface area contributed by atoms with Gasteiger partial charge in [0.05, 0.1) is 19.3 Å². The minimum absolute atomic E-state index is 0.124. The molecule has 0 aromatic heterocycles. The molecular weight excluding hydrogens is 570 g/mol. The fourth-order valence-corrected chi connectivity index (χ4v) is 5.18. The monoisotopic (exact) mass is 621 g/mol. The maximum Gasteiger partial charge on any atom is 0.410 e. The first-order valence-corrected chi connectivity index (χ1v) is 15.5. The first-order valence-electron chi connectivity index (χ1n) is 15.5. The molecular formula is C31H51N5O8. The molecule has 2 fully saturated rings. The Balaban J connectivity index is 2.17. The van der Waals surface area contributed by atoms with Crippen molar-refractivity contribution in [2.75, 3.05) is 26.3 Å². The quantitative estimate of drug-likeness (QED) is 0.149. The summed E-state index contributed by atoms with van der Waals surface area (Å²) >= 11 is 0. The van der Waals surface area contributed by atoms with Crippen LogP contribution in [0.3, 0.4) is 0 Å². The van der Waals surface area contributed by atoms with Crippen molar-refractivity contribution < 1.29 is 38.2 Å². The summed E-state index contributed by atoms with van der Waals surface area (Å²) in [4.78, 5) is 80.8. The molecule has 248 valence electrons. The summed E-state index contributed by atoms with van der Waals surface area (Å²) in [6.45, 7) is 16.6. The Hall–Kier alpha value is -3.48. The average Bonchev–Trinajstić information content (AvgIpc) is 3.63. The lowest BCUT2D eigenvalue weighted by Crippen LogP contribution is -2.60. The Kier molecular flexibility index (Phi) is 13.8. The predicted octanol–water partition coefficient (Wildman–Crippen LogP) is 1.54. The van der Waals surface area contributed by atoms with Gasteiger partial charge in [-0.1, -0.05) is 33.8 Å². The third kappa shape index (κ3) is 10.3. The largest absolute Gasteiger partial charge is 0.444 e. The van der Waals surface area contributed by atoms with E-state index in [4.69, 9.17) is 9.47 Å². The van der Waals surface area contributed by atoms with E-state index in [9.17, 15) is 28.8 Å². The van der Waals surface area contributed by atoms with E-state index >= 15 is 0 Å². The van der Waals surface area contributed by atoms with Gasteiger partial charge in [0.15, 0.2) is 0 Å². The van der Waals surface area contributed by atoms with Gasteiger partial charge < -0.3 is 35.1 Å². The summed E-state index contributed by atoms with van der Waals surface area (Å²) in [5.41, 5.74) is -0.716. The van der Waals surface area contributed by atoms with Crippen LogP contribution in [0.2, 0.25) is 0 Å². The van der Waals surface area contributed by atoms with Crippen molar-refractivity contribution in [2.45, 2.75) is 110 Å². The predicted molar refractivity (Wildman–Crippen MR) is 163 cm³/mol. The van der Waals surface area contributed by atoms with E-state index in [0.717, 1.165) is 0 Å². The van der Waals surface area contributed by atoms with Gasteiger partial charge in [0.25, 0.3) is 0 Å². The van der Waals surface area contributed by atoms with Gasteiger partial charge in [-0.25, -0.2) is 4.79 Å². The Bertz CT molecular complexity index is 1060. The lowest BCUT2D eigenvalue weighted by Gasteiger charge is -2.32. The third-order valence-electron chi connectivity index (χ3n) is 7.58. The number of hydrogen-bond acceptors (Lipinski definition) is 8. The minimum atomic E-state index is -1.18. The van der Waals surface area contributed by atoms with E-state index in [2.05, 4.69) is 22.5 Å². The summed E-state index contributed by atoms with van der Waals surface area (Å²) in [5, 5.41) is 8.08. The van der Waals surface area contributed by atoms with E-state index in [0.29, 0.717) is 45.1 Å². The molecule has 0 radical (unpaired) electrons. The highest BCUT2D eigenvalue weighted by Crippen LogP contribution is 2.26. The average molecular weight is 622 g/mol. The summed E-state index contributed by atoms with van der Waals surface area (Å²) in [5.74, 6) is -2.50. The van der Waals surface area contributed by atoms with Crippen molar-refractivity contribution in [3.05, 3.63) is 12.7 Å². The molecule has 2 heterocycles. The van der Waals surface area contributed by atoms with Crippen molar-refractivity contribution in [1.82, 2.24) is 25.8 Å². The molecule has 2 rings (SSSR count). The van der Waals surface area contributed by atoms with Gasteiger partial charge in [-0.3, -0.25) is 24.1 Å². The van der Waals surface area contributed by atoms with Crippen LogP contribution < -0.4 is 16.0 Å². The minimum Gasteiger partial charge on any atom is -0.444 e. The van der Waals surface area contributed by atoms with Gasteiger partial charge in [-0.2, -0.15) is 0 Å². The second-order valence-electron chi connectivity index (χ2n) is 13.1. The van der Waals surface area contributed by atoms with E-state index in [1.807, 2.05) is 0 Å². The van der Waals surface area contributed by atoms with E-state index in [1.165, 1.54) is 15.9 Å². The lowest BCUT2D eigenvalue weighted by molar-refractivity contribution is -0.143. The van der Waals surface area contributed by atoms with Crippen LogP contribution in [0.15, 0.2) is 12.7 Å². The smallest absolute Gasteiger partial charge is 0.410 e. The number of ether oxygens (including phenoxy) is 2. The number of likely N-dealkylation sites (tertiary alicyclic amines) is 2. The normalized spacial score (nSPS) is 20.6. The van der Waals surface area contributed by atoms with Gasteiger partial charge in [0.1, 0.15) is 36.1 Å². The second kappa shape index (κ2) is 16.6. The van der Waals surface area contributed by atoms with Gasteiger partial charge in [-0.15, -0.1) is 6.58 Å². The van der Waals surface area contributed by atoms with Gasteiger partial charge in [0.2, 0.25) is 23.6 Å². The van der Waals surface area contributed by atoms with Crippen molar-refractivity contribution in [2.24, 2.45) is 11.8 Å². The molecule has 0 spiro atoms. The summed E-state index contributed by atoms with van der Waals surface area (Å²) in [6.07, 6.45) is 3.65. The summed E-state index contributed by atoms with van der Waals surface area (Å²) < 4.78 is 11.0. The SMILES string of the molecule is C=CCOC[C@H](NC(=O)[C@@H]1CCCN1C(=O)[C@@H]1CCCN1C(=O)OC(C)(C)C)C(=O)N[C@H](C(=O)N[C@H](C=O)C(C)C)C(C)C. The number of hydrogen-bond donors (Lipinski definition) is 3. The molecule has 2 aliphatic rings. The Morgan fingerprint density at radius 2 is 1.50 bits per heavy atom. The highest BCUT2D eigenvalue weighted by atomic mass is 16.6. The molecule has 0 bridgehead atoms. The van der Waals surface area contributed by atoms with Crippen LogP contribution in [-0.4, -0.2) is 108 Å². The molecule has 2 saturated heterocycles. The van der Waals surface area contributed by atoms with E-state index in [-0.39, 0.29) is 31.0 Å². The lowest BCUT2D eigenvalue weighted by atomic mass is 10.0. The molecule has 3 N–H and O–H groups in total. The zero-order valence-corrected chi connectivity index (χ0v) is 27.2. The fraction of sp³-hybridized carbons (Fsp3) is 0.742. The molecule has 0 saturated carbocycles. The Morgan fingerprint density at radius 3 is 2.05 bits per heavy atom. The standard InChI is InChI=1S/C31H51N5O8/c1-9-16-43-18-22(26(38)34-25(20(4)5)28(40)32-21(17-37)19(2)3)33-27(39)23-12-10-14-35(23)29(41)24-13-11-15-36(24)30(42)44-31(6,7)8/h9,17,19-25H,1,10-16,18H2,2-8H3,(H,32,40)(H,33,39)(H,34,38)/t21-,22+,23+,24+,25+/m1/s1. The molecule has 5 amide bonds. The molecule has 0 aromatic rings. The number of amides is 5. The van der Waals surface area contributed by atoms with Crippen LogP contribution >= 0.6 is 0 Å².